The second-order valence-electron chi connectivity index (χ2n) is 20.5. The van der Waals surface area contributed by atoms with Crippen LogP contribution in [0.2, 0.25) is 0 Å². The van der Waals surface area contributed by atoms with Crippen LogP contribution in [-0.2, 0) is 27.5 Å². The molecular weight excluding hydrogens is 965 g/mol. The summed E-state index contributed by atoms with van der Waals surface area (Å²) < 4.78 is 3.10. The number of β-amino-alcohol motifs (C(OH)–C–C–N with tert-alkyl or cyclic N) is 1. The number of pyridine rings is 2. The smallest absolute Gasteiger partial charge is 0.276 e. The zero-order valence-corrected chi connectivity index (χ0v) is 43.3. The van der Waals surface area contributed by atoms with Crippen molar-refractivity contribution in [3.8, 4) is 10.4 Å². The molecule has 0 bridgehead atoms. The van der Waals surface area contributed by atoms with Crippen LogP contribution in [0.5, 0.6) is 0 Å². The largest absolute Gasteiger partial charge is 0.391 e. The first-order valence-corrected chi connectivity index (χ1v) is 26.0. The molecule has 3 aliphatic rings. The lowest BCUT2D eigenvalue weighted by atomic mass is 9.85. The summed E-state index contributed by atoms with van der Waals surface area (Å²) in [6.07, 6.45) is 7.70. The number of likely N-dealkylation sites (tertiary alicyclic amines) is 1. The number of piperazine rings is 1. The van der Waals surface area contributed by atoms with E-state index >= 15 is 0 Å². The molecule has 21 nitrogen and oxygen atoms in total. The fourth-order valence-electron chi connectivity index (χ4n) is 10.1. The molecule has 0 spiro atoms. The number of benzene rings is 1. The summed E-state index contributed by atoms with van der Waals surface area (Å²) in [5, 5.41) is 28.5. The van der Waals surface area contributed by atoms with Gasteiger partial charge in [0.2, 0.25) is 23.7 Å². The Labute approximate surface area is 431 Å². The molecule has 3 atom stereocenters. The second kappa shape index (κ2) is 21.6. The van der Waals surface area contributed by atoms with Crippen molar-refractivity contribution in [2.24, 2.45) is 5.41 Å². The zero-order valence-electron chi connectivity index (χ0n) is 42.5. The van der Waals surface area contributed by atoms with Gasteiger partial charge in [0.15, 0.2) is 11.5 Å². The van der Waals surface area contributed by atoms with Gasteiger partial charge in [-0.2, -0.15) is 4.98 Å². The lowest BCUT2D eigenvalue weighted by molar-refractivity contribution is -0.144. The number of anilines is 3. The minimum Gasteiger partial charge on any atom is -0.391 e. The molecule has 5 aromatic heterocycles. The first-order valence-electron chi connectivity index (χ1n) is 25.1. The third-order valence-corrected chi connectivity index (χ3v) is 15.2. The highest BCUT2D eigenvalue weighted by Crippen LogP contribution is 2.33. The number of fused-ring (bicyclic) bond motifs is 1. The molecule has 4 amide bonds. The number of amides is 4. The zero-order chi connectivity index (χ0) is 52.4. The number of nitrogens with one attached hydrogen (secondary N) is 3. The average Bonchev–Trinajstić information content (AvgIpc) is 4.23. The Morgan fingerprint density at radius 3 is 2.34 bits per heavy atom. The predicted octanol–water partition coefficient (Wildman–Crippen LogP) is 4.74. The number of aromatic nitrogens is 8. The van der Waals surface area contributed by atoms with E-state index in [0.29, 0.717) is 48.6 Å². The number of aliphatic hydroxyl groups is 1. The Morgan fingerprint density at radius 1 is 0.932 bits per heavy atom. The maximum absolute atomic E-state index is 14.1. The fraction of sp³-hybridized carbons (Fsp3) is 0.462. The van der Waals surface area contributed by atoms with Crippen molar-refractivity contribution >= 4 is 69.2 Å². The fourth-order valence-corrected chi connectivity index (χ4v) is 10.9. The molecule has 6 aromatic rings. The number of carbonyl (C=O) groups excluding carboxylic acids is 5. The summed E-state index contributed by atoms with van der Waals surface area (Å²) in [6, 6.07) is 9.62. The number of aliphatic hydroxyl groups excluding tert-OH is 1. The maximum Gasteiger partial charge on any atom is 0.276 e. The second-order valence-corrected chi connectivity index (χ2v) is 21.3. The van der Waals surface area contributed by atoms with Crippen LogP contribution in [-0.4, -0.2) is 135 Å². The van der Waals surface area contributed by atoms with E-state index in [1.807, 2.05) is 64.1 Å². The Morgan fingerprint density at radius 2 is 1.68 bits per heavy atom. The number of aryl methyl sites for hydroxylation is 3. The molecule has 4 N–H and O–H groups in total. The van der Waals surface area contributed by atoms with Gasteiger partial charge in [0.25, 0.3) is 11.5 Å². The van der Waals surface area contributed by atoms with Crippen molar-refractivity contribution in [1.82, 2.24) is 59.9 Å². The third-order valence-electron chi connectivity index (χ3n) is 14.2. The number of carbonyl (C=O) groups is 5. The van der Waals surface area contributed by atoms with E-state index in [0.717, 1.165) is 53.1 Å². The number of thiazole rings is 1. The lowest BCUT2D eigenvalue weighted by Crippen LogP contribution is -2.57. The molecule has 1 aromatic carbocycles. The summed E-state index contributed by atoms with van der Waals surface area (Å²) in [4.78, 5) is 105. The summed E-state index contributed by atoms with van der Waals surface area (Å²) in [7, 11) is 0. The van der Waals surface area contributed by atoms with E-state index in [2.05, 4.69) is 46.1 Å². The Kier molecular flexibility index (Phi) is 15.0. The number of Topliss-reactive ketones (excluding diaryl/α,β-unsaturated/α-hetero) is 1. The van der Waals surface area contributed by atoms with Gasteiger partial charge in [-0.25, -0.2) is 15.0 Å². The molecule has 7 heterocycles. The normalized spacial score (nSPS) is 17.7. The number of hydrogen-bond acceptors (Lipinski definition) is 16. The lowest BCUT2D eigenvalue weighted by Gasteiger charge is -2.35. The highest BCUT2D eigenvalue weighted by atomic mass is 32.1. The molecule has 2 saturated heterocycles. The van der Waals surface area contributed by atoms with E-state index in [4.69, 9.17) is 4.98 Å². The Hall–Kier alpha value is -7.46. The topological polar surface area (TPSA) is 256 Å². The van der Waals surface area contributed by atoms with Gasteiger partial charge in [0, 0.05) is 69.7 Å². The van der Waals surface area contributed by atoms with Crippen LogP contribution in [0.25, 0.3) is 21.5 Å². The van der Waals surface area contributed by atoms with Gasteiger partial charge in [0.1, 0.15) is 23.5 Å². The first-order chi connectivity index (χ1) is 35.4. The molecule has 1 unspecified atom stereocenters. The highest BCUT2D eigenvalue weighted by Gasteiger charge is 2.44. The SMILES string of the molecule is CC(=O)c1c(C)c2cnc(Nc3ccc(N4CCN(C(=O)c5cn(CCC(=O)NC(C(=O)N6C[C@H](O)C[C@H]6C(=O)NCc6ccc(-c7scnc7C)cc6)C(C)(C)C)nn5)CC4)cn3)nc2n(C2CCCC2)c1=O. The molecule has 3 fully saturated rings. The van der Waals surface area contributed by atoms with Crippen molar-refractivity contribution in [2.75, 3.05) is 42.9 Å². The van der Waals surface area contributed by atoms with Gasteiger partial charge in [-0.05, 0) is 67.9 Å². The minimum atomic E-state index is -1.00. The molecular formula is C52H62N14O7S. The van der Waals surface area contributed by atoms with E-state index in [9.17, 15) is 33.9 Å². The molecule has 2 aliphatic heterocycles. The van der Waals surface area contributed by atoms with Crippen LogP contribution in [0.1, 0.15) is 110 Å². The number of rotatable bonds is 15. The first kappa shape index (κ1) is 51.4. The van der Waals surface area contributed by atoms with Gasteiger partial charge >= 0.3 is 0 Å². The van der Waals surface area contributed by atoms with Crippen LogP contribution in [0.15, 0.2) is 65.3 Å². The van der Waals surface area contributed by atoms with Gasteiger partial charge in [-0.1, -0.05) is 63.1 Å². The molecule has 0 radical (unpaired) electrons. The van der Waals surface area contributed by atoms with Crippen molar-refractivity contribution in [3.05, 3.63) is 98.9 Å². The maximum atomic E-state index is 14.1. The molecule has 1 saturated carbocycles. The average molecular weight is 1030 g/mol. The summed E-state index contributed by atoms with van der Waals surface area (Å²) in [6.45, 7) is 12.8. The van der Waals surface area contributed by atoms with Crippen molar-refractivity contribution in [1.29, 1.82) is 0 Å². The van der Waals surface area contributed by atoms with Crippen LogP contribution >= 0.6 is 11.3 Å². The van der Waals surface area contributed by atoms with E-state index in [-0.39, 0.29) is 73.0 Å². The summed E-state index contributed by atoms with van der Waals surface area (Å²) in [5.74, 6) is -1.06. The minimum absolute atomic E-state index is 0.0360. The summed E-state index contributed by atoms with van der Waals surface area (Å²) >= 11 is 1.56. The van der Waals surface area contributed by atoms with Crippen LogP contribution in [0.3, 0.4) is 0 Å². The van der Waals surface area contributed by atoms with E-state index in [1.165, 1.54) is 22.7 Å². The quantitative estimate of drug-likeness (QED) is 0.101. The number of hydrogen-bond donors (Lipinski definition) is 4. The van der Waals surface area contributed by atoms with Gasteiger partial charge < -0.3 is 35.8 Å². The number of nitrogens with zero attached hydrogens (tertiary/aromatic N) is 11. The highest BCUT2D eigenvalue weighted by molar-refractivity contribution is 7.13. The Balaban J connectivity index is 0.751. The van der Waals surface area contributed by atoms with Crippen molar-refractivity contribution in [2.45, 2.75) is 117 Å². The van der Waals surface area contributed by atoms with Crippen LogP contribution in [0, 0.1) is 19.3 Å². The van der Waals surface area contributed by atoms with Gasteiger partial charge in [-0.3, -0.25) is 38.0 Å². The van der Waals surface area contributed by atoms with Gasteiger partial charge in [0.05, 0.1) is 52.4 Å². The van der Waals surface area contributed by atoms with Gasteiger partial charge in [-0.15, -0.1) is 16.4 Å². The Bertz CT molecular complexity index is 3130. The molecule has 9 rings (SSSR count). The van der Waals surface area contributed by atoms with Crippen LogP contribution in [0.4, 0.5) is 17.5 Å². The monoisotopic (exact) mass is 1030 g/mol. The number of ketones is 1. The molecule has 1 aliphatic carbocycles. The third kappa shape index (κ3) is 11.1. The predicted molar refractivity (Wildman–Crippen MR) is 278 cm³/mol. The van der Waals surface area contributed by atoms with Crippen LogP contribution < -0.4 is 26.4 Å². The molecule has 388 valence electrons. The van der Waals surface area contributed by atoms with Crippen molar-refractivity contribution in [3.63, 3.8) is 0 Å². The summed E-state index contributed by atoms with van der Waals surface area (Å²) in [5.41, 5.74) is 5.88. The standard InChI is InChI=1S/C52H62N14O7S/c1-30-38-26-55-51(59-46(38)66(35-9-7-8-10-35)49(72)43(30)32(3)67)57-41-16-15-36(25-53-41)62-19-21-63(22-20-62)48(71)39-28-64(61-60-39)18-17-42(69)58-45(52(4,5)6)50(73)65-27-37(68)23-40(65)47(70)54-24-33-11-13-34(14-12-33)44-31(2)56-29-74-44/h11-16,25-26,28-29,35,37,40,45,68H,7-10,17-24,27H2,1-6H3,(H,54,70)(H,58,69)(H,53,55,57,59)/t37-,40+,45?/m1/s1. The van der Waals surface area contributed by atoms with Crippen molar-refractivity contribution < 1.29 is 29.1 Å². The molecule has 74 heavy (non-hydrogen) atoms. The van der Waals surface area contributed by atoms with E-state index < -0.39 is 41.3 Å². The molecule has 22 heteroatoms. The van der Waals surface area contributed by atoms with E-state index in [1.54, 1.807) is 45.6 Å².